The Labute approximate surface area is 110 Å². The van der Waals surface area contributed by atoms with E-state index in [1.54, 1.807) is 24.4 Å². The zero-order chi connectivity index (χ0) is 13.9. The van der Waals surface area contributed by atoms with Crippen LogP contribution in [0.1, 0.15) is 12.5 Å². The SMILES string of the molecule is O=c1[nH]c2ccc(-c3cnn(C4CC4(F)F)c3)cc2o1. The number of nitrogens with one attached hydrogen (secondary N) is 1. The van der Waals surface area contributed by atoms with Crippen molar-refractivity contribution in [2.75, 3.05) is 0 Å². The van der Waals surface area contributed by atoms with Crippen LogP contribution >= 0.6 is 0 Å². The maximum atomic E-state index is 13.0. The topological polar surface area (TPSA) is 63.8 Å². The number of benzene rings is 1. The minimum atomic E-state index is -2.65. The average Bonchev–Trinajstić information content (AvgIpc) is 2.82. The van der Waals surface area contributed by atoms with Crippen molar-refractivity contribution in [1.29, 1.82) is 0 Å². The minimum absolute atomic E-state index is 0.167. The summed E-state index contributed by atoms with van der Waals surface area (Å²) in [5, 5.41) is 3.97. The van der Waals surface area contributed by atoms with Crippen LogP contribution in [0.15, 0.2) is 39.8 Å². The van der Waals surface area contributed by atoms with Gasteiger partial charge in [-0.2, -0.15) is 5.10 Å². The van der Waals surface area contributed by atoms with Crippen LogP contribution in [-0.4, -0.2) is 20.7 Å². The highest BCUT2D eigenvalue weighted by Crippen LogP contribution is 2.52. The summed E-state index contributed by atoms with van der Waals surface area (Å²) >= 11 is 0. The van der Waals surface area contributed by atoms with Gasteiger partial charge in [0.05, 0.1) is 11.7 Å². The van der Waals surface area contributed by atoms with E-state index in [0.717, 1.165) is 5.56 Å². The summed E-state index contributed by atoms with van der Waals surface area (Å²) in [6.07, 6.45) is 2.94. The molecule has 1 N–H and O–H groups in total. The Morgan fingerprint density at radius 2 is 2.20 bits per heavy atom. The van der Waals surface area contributed by atoms with Gasteiger partial charge in [-0.25, -0.2) is 13.6 Å². The molecule has 0 bridgehead atoms. The molecule has 1 saturated carbocycles. The molecule has 4 rings (SSSR count). The molecule has 5 nitrogen and oxygen atoms in total. The molecule has 7 heteroatoms. The van der Waals surface area contributed by atoms with Gasteiger partial charge < -0.3 is 4.42 Å². The highest BCUT2D eigenvalue weighted by Gasteiger charge is 2.59. The first kappa shape index (κ1) is 11.4. The van der Waals surface area contributed by atoms with Crippen molar-refractivity contribution in [3.8, 4) is 11.1 Å². The summed E-state index contributed by atoms with van der Waals surface area (Å²) in [6.45, 7) is 0. The quantitative estimate of drug-likeness (QED) is 0.783. The second kappa shape index (κ2) is 3.56. The summed E-state index contributed by atoms with van der Waals surface area (Å²) < 4.78 is 32.2. The van der Waals surface area contributed by atoms with E-state index in [0.29, 0.717) is 16.7 Å². The first-order valence-corrected chi connectivity index (χ1v) is 6.08. The molecule has 0 amide bonds. The number of aromatic amines is 1. The molecule has 1 aliphatic carbocycles. The molecule has 1 aromatic carbocycles. The van der Waals surface area contributed by atoms with Crippen LogP contribution in [0.2, 0.25) is 0 Å². The monoisotopic (exact) mass is 277 g/mol. The Balaban J connectivity index is 1.73. The van der Waals surface area contributed by atoms with Crippen molar-refractivity contribution in [2.24, 2.45) is 0 Å². The summed E-state index contributed by atoms with van der Waals surface area (Å²) in [4.78, 5) is 13.6. The number of aromatic nitrogens is 3. The van der Waals surface area contributed by atoms with Gasteiger partial charge in [-0.05, 0) is 17.7 Å². The third-order valence-electron chi connectivity index (χ3n) is 3.47. The van der Waals surface area contributed by atoms with E-state index in [1.165, 1.54) is 10.9 Å². The van der Waals surface area contributed by atoms with Gasteiger partial charge in [0.25, 0.3) is 5.92 Å². The molecular formula is C13H9F2N3O2. The Bertz CT molecular complexity index is 862. The van der Waals surface area contributed by atoms with Gasteiger partial charge in [-0.15, -0.1) is 0 Å². The van der Waals surface area contributed by atoms with Crippen molar-refractivity contribution < 1.29 is 13.2 Å². The van der Waals surface area contributed by atoms with Crippen LogP contribution < -0.4 is 5.76 Å². The van der Waals surface area contributed by atoms with Gasteiger partial charge in [-0.3, -0.25) is 9.67 Å². The molecule has 102 valence electrons. The number of H-pyrrole nitrogens is 1. The second-order valence-corrected chi connectivity index (χ2v) is 4.92. The molecule has 2 heterocycles. The van der Waals surface area contributed by atoms with E-state index in [1.807, 2.05) is 0 Å². The molecule has 1 aliphatic rings. The third kappa shape index (κ3) is 1.66. The zero-order valence-corrected chi connectivity index (χ0v) is 10.1. The van der Waals surface area contributed by atoms with E-state index in [4.69, 9.17) is 4.42 Å². The molecule has 3 aromatic rings. The molecule has 1 fully saturated rings. The lowest BCUT2D eigenvalue weighted by atomic mass is 10.1. The minimum Gasteiger partial charge on any atom is -0.408 e. The molecule has 0 spiro atoms. The number of hydrogen-bond acceptors (Lipinski definition) is 3. The first-order chi connectivity index (χ1) is 9.53. The molecule has 20 heavy (non-hydrogen) atoms. The van der Waals surface area contributed by atoms with E-state index in [9.17, 15) is 13.6 Å². The number of hydrogen-bond donors (Lipinski definition) is 1. The van der Waals surface area contributed by atoms with Gasteiger partial charge in [0, 0.05) is 18.2 Å². The van der Waals surface area contributed by atoms with Crippen molar-refractivity contribution in [2.45, 2.75) is 18.4 Å². The standard InChI is InChI=1S/C13H9F2N3O2/c14-13(15)4-11(13)18-6-8(5-16-18)7-1-2-9-10(3-7)20-12(19)17-9/h1-3,5-6,11H,4H2,(H,17,19). The van der Waals surface area contributed by atoms with Crippen LogP contribution in [-0.2, 0) is 0 Å². The van der Waals surface area contributed by atoms with Gasteiger partial charge in [0.1, 0.15) is 6.04 Å². The number of alkyl halides is 2. The van der Waals surface area contributed by atoms with E-state index in [2.05, 4.69) is 10.1 Å². The summed E-state index contributed by atoms with van der Waals surface area (Å²) in [7, 11) is 0. The van der Waals surface area contributed by atoms with Gasteiger partial charge in [-0.1, -0.05) is 6.07 Å². The molecule has 1 unspecified atom stereocenters. The van der Waals surface area contributed by atoms with Crippen LogP contribution in [0.5, 0.6) is 0 Å². The van der Waals surface area contributed by atoms with Crippen LogP contribution in [0, 0.1) is 0 Å². The Kier molecular flexibility index (Phi) is 2.03. The zero-order valence-electron chi connectivity index (χ0n) is 10.1. The van der Waals surface area contributed by atoms with Gasteiger partial charge in [0.2, 0.25) is 0 Å². The molecule has 0 radical (unpaired) electrons. The fraction of sp³-hybridized carbons (Fsp3) is 0.231. The van der Waals surface area contributed by atoms with Crippen molar-refractivity contribution in [3.05, 3.63) is 41.1 Å². The summed E-state index contributed by atoms with van der Waals surface area (Å²) in [6, 6.07) is 4.32. The fourth-order valence-electron chi connectivity index (χ4n) is 2.27. The van der Waals surface area contributed by atoms with Crippen molar-refractivity contribution in [3.63, 3.8) is 0 Å². The molecule has 2 aromatic heterocycles. The van der Waals surface area contributed by atoms with E-state index >= 15 is 0 Å². The molecule has 0 aliphatic heterocycles. The number of oxazole rings is 1. The highest BCUT2D eigenvalue weighted by atomic mass is 19.3. The van der Waals surface area contributed by atoms with Gasteiger partial charge >= 0.3 is 5.76 Å². The van der Waals surface area contributed by atoms with Gasteiger partial charge in [0.15, 0.2) is 5.58 Å². The van der Waals surface area contributed by atoms with E-state index < -0.39 is 17.7 Å². The Hall–Kier alpha value is -2.44. The van der Waals surface area contributed by atoms with E-state index in [-0.39, 0.29) is 6.42 Å². The number of fused-ring (bicyclic) bond motifs is 1. The number of rotatable bonds is 2. The Morgan fingerprint density at radius 3 is 2.95 bits per heavy atom. The second-order valence-electron chi connectivity index (χ2n) is 4.92. The van der Waals surface area contributed by atoms with Crippen molar-refractivity contribution >= 4 is 11.1 Å². The fourth-order valence-corrected chi connectivity index (χ4v) is 2.27. The predicted molar refractivity (Wildman–Crippen MR) is 66.7 cm³/mol. The van der Waals surface area contributed by atoms with Crippen LogP contribution in [0.25, 0.3) is 22.2 Å². The first-order valence-electron chi connectivity index (χ1n) is 6.08. The maximum Gasteiger partial charge on any atom is 0.417 e. The smallest absolute Gasteiger partial charge is 0.408 e. The maximum absolute atomic E-state index is 13.0. The lowest BCUT2D eigenvalue weighted by Gasteiger charge is -1.98. The lowest BCUT2D eigenvalue weighted by Crippen LogP contribution is -2.02. The van der Waals surface area contributed by atoms with Crippen LogP contribution in [0.4, 0.5) is 8.78 Å². The largest absolute Gasteiger partial charge is 0.417 e. The molecule has 1 atom stereocenters. The molecular weight excluding hydrogens is 268 g/mol. The normalized spacial score (nSPS) is 20.4. The highest BCUT2D eigenvalue weighted by molar-refractivity contribution is 5.79. The predicted octanol–water partition coefficient (Wildman–Crippen LogP) is 2.56. The number of nitrogens with zero attached hydrogens (tertiary/aromatic N) is 2. The summed E-state index contributed by atoms with van der Waals surface area (Å²) in [5.74, 6) is -3.17. The Morgan fingerprint density at radius 1 is 1.40 bits per heavy atom. The summed E-state index contributed by atoms with van der Waals surface area (Å²) in [5.41, 5.74) is 2.49. The lowest BCUT2D eigenvalue weighted by molar-refractivity contribution is 0.0983. The number of halogens is 2. The third-order valence-corrected chi connectivity index (χ3v) is 3.47. The average molecular weight is 277 g/mol. The molecule has 0 saturated heterocycles. The van der Waals surface area contributed by atoms with Crippen LogP contribution in [0.3, 0.4) is 0 Å². The van der Waals surface area contributed by atoms with Crippen molar-refractivity contribution in [1.82, 2.24) is 14.8 Å².